The predicted octanol–water partition coefficient (Wildman–Crippen LogP) is 2.74. The average molecular weight is 286 g/mol. The number of nitriles is 1. The van der Waals surface area contributed by atoms with Gasteiger partial charge in [-0.15, -0.1) is 0 Å². The van der Waals surface area contributed by atoms with Gasteiger partial charge in [0.15, 0.2) is 11.5 Å². The second kappa shape index (κ2) is 6.73. The summed E-state index contributed by atoms with van der Waals surface area (Å²) in [6.07, 6.45) is 0. The maximum atomic E-state index is 13.9. The lowest BCUT2D eigenvalue weighted by Gasteiger charge is -2.12. The fraction of sp³-hybridized carbons (Fsp3) is 0.188. The summed E-state index contributed by atoms with van der Waals surface area (Å²) < 4.78 is 24.7. The Morgan fingerprint density at radius 2 is 2.05 bits per heavy atom. The van der Waals surface area contributed by atoms with Crippen molar-refractivity contribution >= 4 is 0 Å². The molecule has 0 radical (unpaired) electrons. The van der Waals surface area contributed by atoms with Crippen LogP contribution in [0.2, 0.25) is 0 Å². The molecule has 2 aromatic carbocycles. The van der Waals surface area contributed by atoms with E-state index in [9.17, 15) is 4.39 Å². The Bertz CT molecular complexity index is 680. The number of hydrogen-bond acceptors (Lipinski definition) is 4. The Hall–Kier alpha value is -2.58. The number of nitrogens with two attached hydrogens (primary N) is 1. The van der Waals surface area contributed by atoms with Gasteiger partial charge in [0.05, 0.1) is 12.7 Å². The van der Waals surface area contributed by atoms with E-state index in [1.165, 1.54) is 13.2 Å². The van der Waals surface area contributed by atoms with E-state index in [1.54, 1.807) is 30.3 Å². The third kappa shape index (κ3) is 3.30. The summed E-state index contributed by atoms with van der Waals surface area (Å²) in [5.41, 5.74) is 6.80. The predicted molar refractivity (Wildman–Crippen MR) is 76.3 cm³/mol. The maximum Gasteiger partial charge on any atom is 0.161 e. The fourth-order valence-corrected chi connectivity index (χ4v) is 1.89. The van der Waals surface area contributed by atoms with Crippen molar-refractivity contribution < 1.29 is 13.9 Å². The number of halogens is 1. The number of methoxy groups -OCH3 is 1. The van der Waals surface area contributed by atoms with Gasteiger partial charge in [-0.05, 0) is 23.8 Å². The second-order valence-electron chi connectivity index (χ2n) is 4.37. The van der Waals surface area contributed by atoms with Gasteiger partial charge < -0.3 is 15.2 Å². The standard InChI is InChI=1S/C16H15FN2O2/c1-20-15-7-11(8-18)5-6-14(15)21-10-13-4-2-3-12(9-19)16(13)17/h2-7H,8,10,18H2,1H3. The molecule has 0 amide bonds. The van der Waals surface area contributed by atoms with Gasteiger partial charge in [-0.3, -0.25) is 0 Å². The van der Waals surface area contributed by atoms with Gasteiger partial charge in [-0.1, -0.05) is 18.2 Å². The van der Waals surface area contributed by atoms with Crippen molar-refractivity contribution in [2.75, 3.05) is 7.11 Å². The zero-order chi connectivity index (χ0) is 15.2. The first kappa shape index (κ1) is 14.8. The SMILES string of the molecule is COc1cc(CN)ccc1OCc1cccc(C#N)c1F. The molecule has 0 heterocycles. The van der Waals surface area contributed by atoms with Gasteiger partial charge in [0.2, 0.25) is 0 Å². The van der Waals surface area contributed by atoms with Gasteiger partial charge in [-0.25, -0.2) is 4.39 Å². The van der Waals surface area contributed by atoms with Crippen LogP contribution in [-0.4, -0.2) is 7.11 Å². The van der Waals surface area contributed by atoms with Crippen LogP contribution in [0, 0.1) is 17.1 Å². The largest absolute Gasteiger partial charge is 0.493 e. The van der Waals surface area contributed by atoms with Crippen molar-refractivity contribution in [3.8, 4) is 17.6 Å². The summed E-state index contributed by atoms with van der Waals surface area (Å²) in [6, 6.07) is 11.8. The van der Waals surface area contributed by atoms with Crippen LogP contribution >= 0.6 is 0 Å². The van der Waals surface area contributed by atoms with Crippen molar-refractivity contribution in [3.05, 3.63) is 58.9 Å². The molecule has 4 nitrogen and oxygen atoms in total. The van der Waals surface area contributed by atoms with Crippen LogP contribution in [0.25, 0.3) is 0 Å². The van der Waals surface area contributed by atoms with Crippen LogP contribution in [0.5, 0.6) is 11.5 Å². The van der Waals surface area contributed by atoms with Crippen molar-refractivity contribution in [1.29, 1.82) is 5.26 Å². The third-order valence-corrected chi connectivity index (χ3v) is 3.05. The number of ether oxygens (including phenoxy) is 2. The summed E-state index contributed by atoms with van der Waals surface area (Å²) in [5, 5.41) is 8.81. The van der Waals surface area contributed by atoms with E-state index in [-0.39, 0.29) is 12.2 Å². The molecule has 0 fully saturated rings. The molecule has 108 valence electrons. The van der Waals surface area contributed by atoms with E-state index in [1.807, 2.05) is 6.07 Å². The van der Waals surface area contributed by atoms with E-state index in [4.69, 9.17) is 20.5 Å². The first-order chi connectivity index (χ1) is 10.2. The van der Waals surface area contributed by atoms with Crippen LogP contribution < -0.4 is 15.2 Å². The van der Waals surface area contributed by atoms with Gasteiger partial charge in [-0.2, -0.15) is 5.26 Å². The number of hydrogen-bond donors (Lipinski definition) is 1. The van der Waals surface area contributed by atoms with Gasteiger partial charge in [0.1, 0.15) is 18.5 Å². The normalized spacial score (nSPS) is 10.0. The smallest absolute Gasteiger partial charge is 0.161 e. The highest BCUT2D eigenvalue weighted by Gasteiger charge is 2.10. The van der Waals surface area contributed by atoms with E-state index >= 15 is 0 Å². The molecule has 0 atom stereocenters. The monoisotopic (exact) mass is 286 g/mol. The molecular formula is C16H15FN2O2. The molecule has 0 unspecified atom stereocenters. The minimum Gasteiger partial charge on any atom is -0.493 e. The first-order valence-electron chi connectivity index (χ1n) is 6.37. The van der Waals surface area contributed by atoms with Crippen molar-refractivity contribution in [3.63, 3.8) is 0 Å². The molecule has 0 bridgehead atoms. The highest BCUT2D eigenvalue weighted by atomic mass is 19.1. The third-order valence-electron chi connectivity index (χ3n) is 3.05. The molecule has 2 rings (SSSR count). The molecule has 0 aliphatic heterocycles. The minimum atomic E-state index is -0.558. The van der Waals surface area contributed by atoms with Crippen LogP contribution in [0.3, 0.4) is 0 Å². The van der Waals surface area contributed by atoms with Crippen molar-refractivity contribution in [1.82, 2.24) is 0 Å². The number of benzene rings is 2. The van der Waals surface area contributed by atoms with Gasteiger partial charge >= 0.3 is 0 Å². The summed E-state index contributed by atoms with van der Waals surface area (Å²) >= 11 is 0. The molecule has 0 saturated heterocycles. The van der Waals surface area contributed by atoms with E-state index in [0.29, 0.717) is 23.6 Å². The van der Waals surface area contributed by atoms with Crippen molar-refractivity contribution in [2.45, 2.75) is 13.2 Å². The summed E-state index contributed by atoms with van der Waals surface area (Å²) in [7, 11) is 1.53. The Labute approximate surface area is 122 Å². The van der Waals surface area contributed by atoms with Crippen molar-refractivity contribution in [2.24, 2.45) is 5.73 Å². The highest BCUT2D eigenvalue weighted by Crippen LogP contribution is 2.29. The molecule has 0 aliphatic rings. The highest BCUT2D eigenvalue weighted by molar-refractivity contribution is 5.43. The molecule has 21 heavy (non-hydrogen) atoms. The number of rotatable bonds is 5. The Kier molecular flexibility index (Phi) is 4.75. The summed E-state index contributed by atoms with van der Waals surface area (Å²) in [5.74, 6) is 0.476. The molecule has 0 aromatic heterocycles. The van der Waals surface area contributed by atoms with Crippen LogP contribution in [0.1, 0.15) is 16.7 Å². The average Bonchev–Trinajstić information content (AvgIpc) is 2.53. The summed E-state index contributed by atoms with van der Waals surface area (Å²) in [6.45, 7) is 0.412. The molecule has 0 spiro atoms. The van der Waals surface area contributed by atoms with Crippen LogP contribution in [0.15, 0.2) is 36.4 Å². The van der Waals surface area contributed by atoms with E-state index in [0.717, 1.165) is 5.56 Å². The quantitative estimate of drug-likeness (QED) is 0.917. The molecule has 0 aliphatic carbocycles. The lowest BCUT2D eigenvalue weighted by Crippen LogP contribution is -2.03. The maximum absolute atomic E-state index is 13.9. The zero-order valence-corrected chi connectivity index (χ0v) is 11.6. The molecule has 2 aromatic rings. The molecule has 0 saturated carbocycles. The zero-order valence-electron chi connectivity index (χ0n) is 11.6. The minimum absolute atomic E-state index is 0.00143. The summed E-state index contributed by atoms with van der Waals surface area (Å²) in [4.78, 5) is 0. The lowest BCUT2D eigenvalue weighted by atomic mass is 10.1. The van der Waals surface area contributed by atoms with Crippen LogP contribution in [-0.2, 0) is 13.2 Å². The Morgan fingerprint density at radius 3 is 2.71 bits per heavy atom. The molecular weight excluding hydrogens is 271 g/mol. The fourth-order valence-electron chi connectivity index (χ4n) is 1.89. The first-order valence-corrected chi connectivity index (χ1v) is 6.37. The second-order valence-corrected chi connectivity index (χ2v) is 4.37. The topological polar surface area (TPSA) is 68.3 Å². The lowest BCUT2D eigenvalue weighted by molar-refractivity contribution is 0.279. The molecule has 2 N–H and O–H groups in total. The number of nitrogens with zero attached hydrogens (tertiary/aromatic N) is 1. The Balaban J connectivity index is 2.19. The van der Waals surface area contributed by atoms with Gasteiger partial charge in [0.25, 0.3) is 0 Å². The van der Waals surface area contributed by atoms with E-state index in [2.05, 4.69) is 0 Å². The van der Waals surface area contributed by atoms with Gasteiger partial charge in [0, 0.05) is 12.1 Å². The Morgan fingerprint density at radius 1 is 1.24 bits per heavy atom. The van der Waals surface area contributed by atoms with E-state index < -0.39 is 5.82 Å². The molecule has 5 heteroatoms. The van der Waals surface area contributed by atoms with Crippen LogP contribution in [0.4, 0.5) is 4.39 Å².